The molecule has 0 aromatic heterocycles. The van der Waals surface area contributed by atoms with Gasteiger partial charge in [-0.1, -0.05) is 24.3 Å². The van der Waals surface area contributed by atoms with E-state index in [1.165, 1.54) is 23.0 Å². The first-order valence-electron chi connectivity index (χ1n) is 9.80. The Bertz CT molecular complexity index is 1030. The minimum Gasteiger partial charge on any atom is -0.496 e. The van der Waals surface area contributed by atoms with Crippen molar-refractivity contribution >= 4 is 29.7 Å². The number of methoxy groups -OCH3 is 1. The Morgan fingerprint density at radius 3 is 1.90 bits per heavy atom. The third kappa shape index (κ3) is 5.69. The lowest BCUT2D eigenvalue weighted by Gasteiger charge is -2.15. The summed E-state index contributed by atoms with van der Waals surface area (Å²) < 4.78 is 5.45. The standard InChI is InChI=1S/C25H28N2O4/c1-7-8-19-15-20(23(31-6)16-21(19)25(30)27(4)5)13-14-22(28)17-9-11-18(12-10-17)24(29)26(2)3/h7-16H,1-6H3/b8-7+,14-13+. The summed E-state index contributed by atoms with van der Waals surface area (Å²) in [7, 11) is 8.26. The number of carbonyl (C=O) groups excluding carboxylic acids is 3. The molecule has 0 spiro atoms. The molecule has 2 rings (SSSR count). The zero-order chi connectivity index (χ0) is 23.1. The predicted octanol–water partition coefficient (Wildman–Crippen LogP) is 4.03. The molecule has 0 unspecified atom stereocenters. The minimum atomic E-state index is -0.202. The molecule has 2 aromatic carbocycles. The smallest absolute Gasteiger partial charge is 0.254 e. The number of rotatable bonds is 7. The van der Waals surface area contributed by atoms with Gasteiger partial charge in [0.05, 0.1) is 12.7 Å². The highest BCUT2D eigenvalue weighted by atomic mass is 16.5. The van der Waals surface area contributed by atoms with Crippen molar-refractivity contribution in [2.24, 2.45) is 0 Å². The molecule has 0 aliphatic carbocycles. The van der Waals surface area contributed by atoms with Crippen molar-refractivity contribution in [2.45, 2.75) is 6.92 Å². The zero-order valence-electron chi connectivity index (χ0n) is 18.8. The van der Waals surface area contributed by atoms with E-state index in [9.17, 15) is 14.4 Å². The van der Waals surface area contributed by atoms with Crippen molar-refractivity contribution in [1.82, 2.24) is 9.80 Å². The van der Waals surface area contributed by atoms with Crippen LogP contribution < -0.4 is 4.74 Å². The average Bonchev–Trinajstić information content (AvgIpc) is 2.76. The van der Waals surface area contributed by atoms with Crippen LogP contribution in [0.5, 0.6) is 5.75 Å². The molecular weight excluding hydrogens is 392 g/mol. The van der Waals surface area contributed by atoms with E-state index in [1.54, 1.807) is 64.6 Å². The highest BCUT2D eigenvalue weighted by molar-refractivity contribution is 6.07. The van der Waals surface area contributed by atoms with Crippen LogP contribution in [0.2, 0.25) is 0 Å². The van der Waals surface area contributed by atoms with Crippen LogP contribution in [0.25, 0.3) is 12.2 Å². The Morgan fingerprint density at radius 1 is 0.806 bits per heavy atom. The van der Waals surface area contributed by atoms with Crippen molar-refractivity contribution in [1.29, 1.82) is 0 Å². The molecule has 0 atom stereocenters. The third-order valence-electron chi connectivity index (χ3n) is 4.62. The van der Waals surface area contributed by atoms with Gasteiger partial charge in [-0.3, -0.25) is 14.4 Å². The highest BCUT2D eigenvalue weighted by Crippen LogP contribution is 2.27. The number of ether oxygens (including phenoxy) is 1. The van der Waals surface area contributed by atoms with Gasteiger partial charge < -0.3 is 14.5 Å². The topological polar surface area (TPSA) is 66.9 Å². The lowest BCUT2D eigenvalue weighted by Crippen LogP contribution is -2.22. The van der Waals surface area contributed by atoms with Crippen LogP contribution in [-0.2, 0) is 0 Å². The monoisotopic (exact) mass is 420 g/mol. The maximum Gasteiger partial charge on any atom is 0.254 e. The maximum absolute atomic E-state index is 12.6. The van der Waals surface area contributed by atoms with Gasteiger partial charge in [0.25, 0.3) is 11.8 Å². The molecule has 0 radical (unpaired) electrons. The van der Waals surface area contributed by atoms with Gasteiger partial charge in [-0.25, -0.2) is 0 Å². The number of carbonyl (C=O) groups is 3. The molecule has 162 valence electrons. The number of benzene rings is 2. The normalized spacial score (nSPS) is 11.0. The molecule has 31 heavy (non-hydrogen) atoms. The second-order valence-corrected chi connectivity index (χ2v) is 7.36. The van der Waals surface area contributed by atoms with Gasteiger partial charge in [0.1, 0.15) is 5.75 Å². The SMILES string of the molecule is C/C=C/c1cc(/C=C/C(=O)c2ccc(C(=O)N(C)C)cc2)c(OC)cc1C(=O)N(C)C. The van der Waals surface area contributed by atoms with Crippen LogP contribution in [-0.4, -0.2) is 62.7 Å². The summed E-state index contributed by atoms with van der Waals surface area (Å²) in [4.78, 5) is 40.1. The van der Waals surface area contributed by atoms with Crippen LogP contribution >= 0.6 is 0 Å². The highest BCUT2D eigenvalue weighted by Gasteiger charge is 2.16. The van der Waals surface area contributed by atoms with Crippen molar-refractivity contribution in [3.05, 3.63) is 76.4 Å². The first-order chi connectivity index (χ1) is 14.7. The Labute approximate surface area is 183 Å². The first-order valence-corrected chi connectivity index (χ1v) is 9.80. The number of hydrogen-bond acceptors (Lipinski definition) is 4. The molecule has 0 N–H and O–H groups in total. The van der Waals surface area contributed by atoms with E-state index in [4.69, 9.17) is 4.74 Å². The van der Waals surface area contributed by atoms with Crippen LogP contribution in [0.4, 0.5) is 0 Å². The van der Waals surface area contributed by atoms with Gasteiger partial charge in [0.15, 0.2) is 5.78 Å². The van der Waals surface area contributed by atoms with Gasteiger partial charge in [-0.05, 0) is 48.9 Å². The summed E-state index contributed by atoms with van der Waals surface area (Å²) in [5, 5.41) is 0. The second-order valence-electron chi connectivity index (χ2n) is 7.36. The van der Waals surface area contributed by atoms with E-state index in [-0.39, 0.29) is 17.6 Å². The van der Waals surface area contributed by atoms with E-state index in [2.05, 4.69) is 0 Å². The molecule has 0 saturated heterocycles. The molecule has 0 fully saturated rings. The maximum atomic E-state index is 12.6. The first kappa shape index (κ1) is 23.6. The van der Waals surface area contributed by atoms with E-state index < -0.39 is 0 Å². The summed E-state index contributed by atoms with van der Waals surface area (Å²) in [6, 6.07) is 10.0. The molecule has 0 aliphatic rings. The van der Waals surface area contributed by atoms with Gasteiger partial charge in [0.2, 0.25) is 0 Å². The Kier molecular flexibility index (Phi) is 7.91. The molecule has 6 heteroatoms. The molecule has 2 amide bonds. The molecule has 2 aromatic rings. The van der Waals surface area contributed by atoms with Crippen molar-refractivity contribution < 1.29 is 19.1 Å². The molecule has 0 saturated carbocycles. The lowest BCUT2D eigenvalue weighted by atomic mass is 10.00. The fourth-order valence-electron chi connectivity index (χ4n) is 2.96. The quantitative estimate of drug-likeness (QED) is 0.501. The molecule has 0 bridgehead atoms. The molecule has 6 nitrogen and oxygen atoms in total. The second kappa shape index (κ2) is 10.4. The van der Waals surface area contributed by atoms with Crippen molar-refractivity contribution in [3.63, 3.8) is 0 Å². The number of amides is 2. The Morgan fingerprint density at radius 2 is 1.39 bits per heavy atom. The minimum absolute atomic E-state index is 0.122. The van der Waals surface area contributed by atoms with Crippen molar-refractivity contribution in [3.8, 4) is 5.75 Å². The summed E-state index contributed by atoms with van der Waals surface area (Å²) in [6.07, 6.45) is 6.81. The largest absolute Gasteiger partial charge is 0.496 e. The van der Waals surface area contributed by atoms with Gasteiger partial charge in [0, 0.05) is 44.9 Å². The van der Waals surface area contributed by atoms with Crippen LogP contribution in [0.3, 0.4) is 0 Å². The Hall–Kier alpha value is -3.67. The number of ketones is 1. The van der Waals surface area contributed by atoms with Crippen molar-refractivity contribution in [2.75, 3.05) is 35.3 Å². The molecule has 0 heterocycles. The van der Waals surface area contributed by atoms with E-state index in [1.807, 2.05) is 25.1 Å². The predicted molar refractivity (Wildman–Crippen MR) is 124 cm³/mol. The fraction of sp³-hybridized carbons (Fsp3) is 0.240. The Balaban J connectivity index is 2.36. The summed E-state index contributed by atoms with van der Waals surface area (Å²) >= 11 is 0. The summed E-state index contributed by atoms with van der Waals surface area (Å²) in [5.74, 6) is 0.0369. The average molecular weight is 421 g/mol. The van der Waals surface area contributed by atoms with Gasteiger partial charge in [-0.2, -0.15) is 0 Å². The number of nitrogens with zero attached hydrogens (tertiary/aromatic N) is 2. The van der Waals surface area contributed by atoms with E-state index in [0.717, 1.165) is 5.56 Å². The number of hydrogen-bond donors (Lipinski definition) is 0. The van der Waals surface area contributed by atoms with Crippen LogP contribution in [0.1, 0.15) is 49.1 Å². The summed E-state index contributed by atoms with van der Waals surface area (Å²) in [6.45, 7) is 1.87. The lowest BCUT2D eigenvalue weighted by molar-refractivity contribution is 0.0820. The third-order valence-corrected chi connectivity index (χ3v) is 4.62. The number of allylic oxidation sites excluding steroid dienone is 2. The van der Waals surface area contributed by atoms with E-state index >= 15 is 0 Å². The summed E-state index contributed by atoms with van der Waals surface area (Å²) in [5.41, 5.74) is 2.92. The molecular formula is C25H28N2O4. The fourth-order valence-corrected chi connectivity index (χ4v) is 2.96. The van der Waals surface area contributed by atoms with Crippen LogP contribution in [0.15, 0.2) is 48.6 Å². The zero-order valence-corrected chi connectivity index (χ0v) is 18.8. The van der Waals surface area contributed by atoms with Gasteiger partial charge >= 0.3 is 0 Å². The van der Waals surface area contributed by atoms with Gasteiger partial charge in [-0.15, -0.1) is 0 Å². The molecule has 0 aliphatic heterocycles. The van der Waals surface area contributed by atoms with Crippen LogP contribution in [0, 0.1) is 0 Å². The van der Waals surface area contributed by atoms with E-state index in [0.29, 0.717) is 28.0 Å².